The maximum Gasteiger partial charge on any atom is 0.286 e. The smallest absolute Gasteiger partial charge is 0.286 e. The average Bonchev–Trinajstić information content (AvgIpc) is 3.75. The number of anilines is 1. The standard InChI is InChI=1S/C38H44ClN5O5S/c1-23-5-4-6-34(48-3)29-10-7-25(29)19-44-21-38(16-26-13-30(26)31-15-28(39)9-11-32(31)38)22-49-35-12-8-24(14-33(35)44)36(45)41-50(47,20-23)42-37(46)27-17-40-43(2)18-27/h4,6,8-9,11-12,14-15,17-18,23,25-26,29-30,34H,5,7,10,13,16,19-22H2,1-3H3,(H,41,42,45,46,47)/b6-4+/t23-,25-,26-,29+,30-,34-,38-,50-/m0/s1. The van der Waals surface area contributed by atoms with Crippen LogP contribution in [-0.2, 0) is 27.1 Å². The summed E-state index contributed by atoms with van der Waals surface area (Å²) in [6.07, 6.45) is 12.1. The second-order valence-corrected chi connectivity index (χ2v) is 17.6. The van der Waals surface area contributed by atoms with Crippen LogP contribution in [0.1, 0.15) is 76.8 Å². The molecule has 2 amide bonds. The van der Waals surface area contributed by atoms with Crippen molar-refractivity contribution in [3.63, 3.8) is 0 Å². The highest BCUT2D eigenvalue weighted by Crippen LogP contribution is 2.61. The number of allylic oxidation sites excluding steroid dienone is 1. The van der Waals surface area contributed by atoms with E-state index in [1.54, 1.807) is 20.2 Å². The summed E-state index contributed by atoms with van der Waals surface area (Å²) in [5.74, 6) is 1.24. The molecule has 5 aliphatic rings. The fourth-order valence-electron chi connectivity index (χ4n) is 8.83. The van der Waals surface area contributed by atoms with E-state index in [-0.39, 0.29) is 28.8 Å². The molecule has 50 heavy (non-hydrogen) atoms. The van der Waals surface area contributed by atoms with Crippen LogP contribution in [0.4, 0.5) is 5.69 Å². The topological polar surface area (TPSA) is 115 Å². The maximum absolute atomic E-state index is 14.4. The molecule has 3 aliphatic carbocycles. The molecular formula is C38H44ClN5O5S. The van der Waals surface area contributed by atoms with E-state index in [4.69, 9.17) is 21.1 Å². The number of carbonyl (C=O) groups is 2. The van der Waals surface area contributed by atoms with E-state index in [1.165, 1.54) is 34.6 Å². The van der Waals surface area contributed by atoms with Crippen LogP contribution in [0, 0.1) is 23.7 Å². The Bertz CT molecular complexity index is 2000. The summed E-state index contributed by atoms with van der Waals surface area (Å²) in [6, 6.07) is 11.7. The number of carbonyl (C=O) groups excluding carboxylic acids is 2. The quantitative estimate of drug-likeness (QED) is 0.316. The van der Waals surface area contributed by atoms with Gasteiger partial charge in [0, 0.05) is 49.4 Å². The molecule has 2 aromatic carbocycles. The van der Waals surface area contributed by atoms with Gasteiger partial charge in [-0.05, 0) is 103 Å². The number of rotatable bonds is 3. The van der Waals surface area contributed by atoms with Crippen molar-refractivity contribution in [2.24, 2.45) is 35.1 Å². The third kappa shape index (κ3) is 6.26. The predicted octanol–water partition coefficient (Wildman–Crippen LogP) is 6.31. The molecule has 0 unspecified atom stereocenters. The number of nitrogens with one attached hydrogen (secondary N) is 1. The van der Waals surface area contributed by atoms with E-state index in [0.29, 0.717) is 48.0 Å². The minimum absolute atomic E-state index is 0.00701. The Kier molecular flexibility index (Phi) is 8.59. The van der Waals surface area contributed by atoms with Crippen LogP contribution in [0.15, 0.2) is 65.3 Å². The highest BCUT2D eigenvalue weighted by Gasteiger charge is 2.54. The number of amides is 2. The summed E-state index contributed by atoms with van der Waals surface area (Å²) < 4.78 is 35.6. The molecule has 1 N–H and O–H groups in total. The first kappa shape index (κ1) is 33.5. The van der Waals surface area contributed by atoms with Crippen LogP contribution in [-0.4, -0.2) is 64.5 Å². The van der Waals surface area contributed by atoms with E-state index in [0.717, 1.165) is 43.1 Å². The van der Waals surface area contributed by atoms with Crippen LogP contribution >= 0.6 is 11.6 Å². The fraction of sp³-hybridized carbons (Fsp3) is 0.500. The van der Waals surface area contributed by atoms with Crippen LogP contribution in [0.5, 0.6) is 5.75 Å². The van der Waals surface area contributed by atoms with Gasteiger partial charge in [0.25, 0.3) is 11.8 Å². The average molecular weight is 718 g/mol. The lowest BCUT2D eigenvalue weighted by atomic mass is 9.68. The Hall–Kier alpha value is -3.67. The van der Waals surface area contributed by atoms with Crippen molar-refractivity contribution in [1.29, 1.82) is 0 Å². The first-order chi connectivity index (χ1) is 24.0. The van der Waals surface area contributed by atoms with Crippen LogP contribution in [0.25, 0.3) is 0 Å². The molecule has 1 spiro atoms. The van der Waals surface area contributed by atoms with Gasteiger partial charge in [-0.15, -0.1) is 4.36 Å². The lowest BCUT2D eigenvalue weighted by Gasteiger charge is -2.46. The van der Waals surface area contributed by atoms with Gasteiger partial charge in [-0.1, -0.05) is 36.7 Å². The number of aryl methyl sites for hydroxylation is 1. The number of nitrogens with zero attached hydrogens (tertiary/aromatic N) is 4. The zero-order valence-corrected chi connectivity index (χ0v) is 30.3. The molecule has 0 radical (unpaired) electrons. The van der Waals surface area contributed by atoms with Crippen molar-refractivity contribution < 1.29 is 23.3 Å². The molecule has 2 saturated carbocycles. The van der Waals surface area contributed by atoms with Crippen molar-refractivity contribution in [2.45, 2.75) is 56.5 Å². The molecule has 264 valence electrons. The maximum atomic E-state index is 14.4. The Balaban J connectivity index is 1.21. The molecule has 10 nitrogen and oxygen atoms in total. The first-order valence-electron chi connectivity index (χ1n) is 17.6. The molecule has 2 bridgehead atoms. The largest absolute Gasteiger partial charge is 0.490 e. The van der Waals surface area contributed by atoms with E-state index in [9.17, 15) is 13.8 Å². The molecule has 8 rings (SSSR count). The normalized spacial score (nSPS) is 33.8. The zero-order chi connectivity index (χ0) is 34.8. The van der Waals surface area contributed by atoms with Crippen LogP contribution in [0.2, 0.25) is 5.02 Å². The summed E-state index contributed by atoms with van der Waals surface area (Å²) in [7, 11) is -0.0496. The Morgan fingerprint density at radius 3 is 2.80 bits per heavy atom. The van der Waals surface area contributed by atoms with E-state index >= 15 is 0 Å². The Labute approximate surface area is 298 Å². The predicted molar refractivity (Wildman–Crippen MR) is 193 cm³/mol. The third-order valence-electron chi connectivity index (χ3n) is 11.6. The number of ether oxygens (including phenoxy) is 2. The van der Waals surface area contributed by atoms with Crippen molar-refractivity contribution in [3.05, 3.63) is 88.2 Å². The molecule has 3 heterocycles. The van der Waals surface area contributed by atoms with Crippen molar-refractivity contribution in [1.82, 2.24) is 14.5 Å². The third-order valence-corrected chi connectivity index (χ3v) is 13.8. The molecule has 2 aliphatic heterocycles. The molecule has 8 atom stereocenters. The van der Waals surface area contributed by atoms with Gasteiger partial charge in [-0.2, -0.15) is 5.10 Å². The number of hydrogen-bond acceptors (Lipinski definition) is 7. The minimum Gasteiger partial charge on any atom is -0.490 e. The lowest BCUT2D eigenvalue weighted by Crippen LogP contribution is -2.49. The van der Waals surface area contributed by atoms with Crippen molar-refractivity contribution in [2.75, 3.05) is 37.5 Å². The highest BCUT2D eigenvalue weighted by molar-refractivity contribution is 7.92. The molecule has 1 aromatic heterocycles. The van der Waals surface area contributed by atoms with Gasteiger partial charge in [0.1, 0.15) is 15.7 Å². The van der Waals surface area contributed by atoms with E-state index in [2.05, 4.69) is 43.4 Å². The SMILES string of the molecule is CO[C@H]1/C=C/C[C@H](C)C[S@@](=O)(NC(=O)c2cnn(C)c2)=NC(=O)c2ccc3c(c2)N(C[C@@H]2CC[C@H]21)C[C@]1(CO3)C[C@@H]2C[C@@H]2c2cc(Cl)ccc21. The van der Waals surface area contributed by atoms with Gasteiger partial charge in [0.2, 0.25) is 0 Å². The van der Waals surface area contributed by atoms with Gasteiger partial charge in [0.15, 0.2) is 0 Å². The highest BCUT2D eigenvalue weighted by atomic mass is 35.5. The van der Waals surface area contributed by atoms with Gasteiger partial charge >= 0.3 is 0 Å². The fourth-order valence-corrected chi connectivity index (χ4v) is 10.9. The van der Waals surface area contributed by atoms with Crippen LogP contribution < -0.4 is 14.4 Å². The van der Waals surface area contributed by atoms with Gasteiger partial charge in [-0.3, -0.25) is 19.0 Å². The number of hydrogen-bond donors (Lipinski definition) is 1. The van der Waals surface area contributed by atoms with Gasteiger partial charge in [-0.25, -0.2) is 4.21 Å². The molecular weight excluding hydrogens is 674 g/mol. The number of halogens is 1. The van der Waals surface area contributed by atoms with E-state index in [1.807, 2.05) is 25.1 Å². The second kappa shape index (κ2) is 12.8. The molecule has 0 saturated heterocycles. The minimum atomic E-state index is -3.51. The Morgan fingerprint density at radius 1 is 1.18 bits per heavy atom. The van der Waals surface area contributed by atoms with Crippen molar-refractivity contribution in [3.8, 4) is 5.75 Å². The van der Waals surface area contributed by atoms with Gasteiger partial charge < -0.3 is 14.4 Å². The monoisotopic (exact) mass is 717 g/mol. The number of aromatic nitrogens is 2. The zero-order valence-electron chi connectivity index (χ0n) is 28.7. The molecule has 2 fully saturated rings. The lowest BCUT2D eigenvalue weighted by molar-refractivity contribution is 0.0131. The number of fused-ring (bicyclic) bond motifs is 6. The summed E-state index contributed by atoms with van der Waals surface area (Å²) >= 11 is 6.53. The summed E-state index contributed by atoms with van der Waals surface area (Å²) in [5.41, 5.74) is 3.79. The summed E-state index contributed by atoms with van der Waals surface area (Å²) in [6.45, 7) is 4.00. The van der Waals surface area contributed by atoms with E-state index < -0.39 is 21.7 Å². The summed E-state index contributed by atoms with van der Waals surface area (Å²) in [5, 5.41) is 4.83. The first-order valence-corrected chi connectivity index (χ1v) is 19.7. The number of methoxy groups -OCH3 is 1. The van der Waals surface area contributed by atoms with Crippen molar-refractivity contribution >= 4 is 39.0 Å². The second-order valence-electron chi connectivity index (χ2n) is 15.2. The molecule has 3 aromatic rings. The van der Waals surface area contributed by atoms with Crippen LogP contribution in [0.3, 0.4) is 0 Å². The molecule has 12 heteroatoms. The van der Waals surface area contributed by atoms with Gasteiger partial charge in [0.05, 0.1) is 35.9 Å². The Morgan fingerprint density at radius 2 is 2.04 bits per heavy atom. The number of benzene rings is 2. The summed E-state index contributed by atoms with van der Waals surface area (Å²) in [4.78, 5) is 29.6.